The van der Waals surface area contributed by atoms with Gasteiger partial charge in [-0.2, -0.15) is 5.10 Å². The molecule has 30 heavy (non-hydrogen) atoms. The first-order chi connectivity index (χ1) is 14.6. The molecule has 5 nitrogen and oxygen atoms in total. The fourth-order valence-corrected chi connectivity index (χ4v) is 3.65. The molecule has 0 unspecified atom stereocenters. The number of nitrogens with one attached hydrogen (secondary N) is 1. The Bertz CT molecular complexity index is 1250. The first-order valence-electron chi connectivity index (χ1n) is 10.0. The molecule has 1 N–H and O–H groups in total. The zero-order chi connectivity index (χ0) is 20.7. The second-order valence-corrected chi connectivity index (χ2v) is 7.81. The first-order valence-corrected chi connectivity index (χ1v) is 10.0. The van der Waals surface area contributed by atoms with Crippen molar-refractivity contribution in [1.82, 2.24) is 20.1 Å². The fraction of sp³-hybridized carbons (Fsp3) is 0.208. The van der Waals surface area contributed by atoms with E-state index in [0.29, 0.717) is 17.7 Å². The first kappa shape index (κ1) is 18.5. The van der Waals surface area contributed by atoms with Crippen molar-refractivity contribution < 1.29 is 9.18 Å². The Morgan fingerprint density at radius 1 is 1.17 bits per heavy atom. The molecule has 4 aromatic rings. The minimum atomic E-state index is -0.373. The number of hydrogen-bond acceptors (Lipinski definition) is 3. The number of aromatic nitrogens is 3. The van der Waals surface area contributed by atoms with Crippen LogP contribution in [0, 0.1) is 12.7 Å². The van der Waals surface area contributed by atoms with E-state index in [2.05, 4.69) is 15.4 Å². The number of carbonyl (C=O) groups excluding carboxylic acids is 1. The molecule has 2 aromatic carbocycles. The lowest BCUT2D eigenvalue weighted by atomic mass is 9.96. The van der Waals surface area contributed by atoms with Crippen molar-refractivity contribution >= 4 is 16.8 Å². The molecule has 6 heteroatoms. The zero-order valence-electron chi connectivity index (χ0n) is 16.6. The van der Waals surface area contributed by atoms with Crippen LogP contribution in [0.5, 0.6) is 0 Å². The van der Waals surface area contributed by atoms with Gasteiger partial charge in [-0.05, 0) is 78.4 Å². The Morgan fingerprint density at radius 3 is 2.73 bits per heavy atom. The number of amides is 1. The maximum absolute atomic E-state index is 14.6. The van der Waals surface area contributed by atoms with E-state index in [-0.39, 0.29) is 17.8 Å². The molecule has 0 radical (unpaired) electrons. The summed E-state index contributed by atoms with van der Waals surface area (Å²) in [5.74, 6) is -0.592. The Balaban J connectivity index is 1.50. The molecule has 0 saturated heterocycles. The smallest absolute Gasteiger partial charge is 0.251 e. The predicted molar refractivity (Wildman–Crippen MR) is 114 cm³/mol. The second kappa shape index (κ2) is 7.37. The van der Waals surface area contributed by atoms with Gasteiger partial charge < -0.3 is 5.32 Å². The lowest BCUT2D eigenvalue weighted by Crippen LogP contribution is -2.25. The molecule has 0 spiro atoms. The summed E-state index contributed by atoms with van der Waals surface area (Å²) >= 11 is 0. The molecule has 2 heterocycles. The molecule has 0 aliphatic heterocycles. The van der Waals surface area contributed by atoms with Crippen molar-refractivity contribution in [3.8, 4) is 11.1 Å². The molecule has 150 valence electrons. The Labute approximate surface area is 173 Å². The van der Waals surface area contributed by atoms with Gasteiger partial charge in [-0.25, -0.2) is 4.39 Å². The number of halogens is 1. The predicted octanol–water partition coefficient (Wildman–Crippen LogP) is 4.49. The minimum Gasteiger partial charge on any atom is -0.349 e. The highest BCUT2D eigenvalue weighted by molar-refractivity contribution is 5.96. The number of rotatable bonds is 5. The largest absolute Gasteiger partial charge is 0.349 e. The summed E-state index contributed by atoms with van der Waals surface area (Å²) in [5, 5.41) is 8.40. The molecule has 1 saturated carbocycles. The van der Waals surface area contributed by atoms with Crippen LogP contribution in [0.2, 0.25) is 0 Å². The topological polar surface area (TPSA) is 59.8 Å². The third-order valence-electron chi connectivity index (χ3n) is 5.55. The van der Waals surface area contributed by atoms with E-state index < -0.39 is 0 Å². The molecule has 1 amide bonds. The number of nitrogens with zero attached hydrogens (tertiary/aromatic N) is 3. The van der Waals surface area contributed by atoms with Gasteiger partial charge in [0.1, 0.15) is 5.82 Å². The van der Waals surface area contributed by atoms with E-state index in [1.165, 1.54) is 6.07 Å². The van der Waals surface area contributed by atoms with Gasteiger partial charge in [-0.3, -0.25) is 14.5 Å². The van der Waals surface area contributed by atoms with Crippen molar-refractivity contribution in [3.05, 3.63) is 83.6 Å². The lowest BCUT2D eigenvalue weighted by Gasteiger charge is -2.11. The molecule has 1 aliphatic rings. The normalized spacial score (nSPS) is 13.5. The summed E-state index contributed by atoms with van der Waals surface area (Å²) in [5.41, 5.74) is 4.58. The number of hydrogen-bond donors (Lipinski definition) is 1. The zero-order valence-corrected chi connectivity index (χ0v) is 16.6. The van der Waals surface area contributed by atoms with Crippen LogP contribution >= 0.6 is 0 Å². The van der Waals surface area contributed by atoms with Crippen molar-refractivity contribution in [2.24, 2.45) is 0 Å². The molecule has 2 aromatic heterocycles. The monoisotopic (exact) mass is 400 g/mol. The van der Waals surface area contributed by atoms with E-state index in [0.717, 1.165) is 40.4 Å². The molecule has 5 rings (SSSR count). The summed E-state index contributed by atoms with van der Waals surface area (Å²) in [4.78, 5) is 16.5. The maximum atomic E-state index is 14.6. The van der Waals surface area contributed by atoms with Crippen LogP contribution < -0.4 is 5.32 Å². The molecule has 0 atom stereocenters. The van der Waals surface area contributed by atoms with Gasteiger partial charge in [0.2, 0.25) is 0 Å². The third-order valence-corrected chi connectivity index (χ3v) is 5.55. The number of carbonyl (C=O) groups is 1. The van der Waals surface area contributed by atoms with Crippen LogP contribution in [0.1, 0.15) is 34.3 Å². The Kier molecular flexibility index (Phi) is 4.54. The second-order valence-electron chi connectivity index (χ2n) is 7.81. The molecular weight excluding hydrogens is 379 g/mol. The van der Waals surface area contributed by atoms with Gasteiger partial charge in [0.15, 0.2) is 0 Å². The standard InChI is InChI=1S/C24H21FN4O/c1-15-21(11-18(12-22(15)25)24(30)28-20-3-4-20)17-2-5-23-19(10-17)13-27-29(23)14-16-6-8-26-9-7-16/h2,5-13,20H,3-4,14H2,1H3,(H,28,30). The van der Waals surface area contributed by atoms with Gasteiger partial charge in [0, 0.05) is 29.4 Å². The summed E-state index contributed by atoms with van der Waals surface area (Å²) in [6.45, 7) is 2.39. The minimum absolute atomic E-state index is 0.219. The van der Waals surface area contributed by atoms with Crippen molar-refractivity contribution in [2.75, 3.05) is 0 Å². The van der Waals surface area contributed by atoms with Crippen molar-refractivity contribution in [2.45, 2.75) is 32.4 Å². The van der Waals surface area contributed by atoms with E-state index in [1.807, 2.05) is 41.2 Å². The Hall–Kier alpha value is -3.54. The fourth-order valence-electron chi connectivity index (χ4n) is 3.65. The van der Waals surface area contributed by atoms with Gasteiger partial charge in [-0.1, -0.05) is 6.07 Å². The van der Waals surface area contributed by atoms with E-state index in [1.54, 1.807) is 25.4 Å². The van der Waals surface area contributed by atoms with Crippen LogP contribution in [0.3, 0.4) is 0 Å². The molecule has 1 fully saturated rings. The molecule has 1 aliphatic carbocycles. The van der Waals surface area contributed by atoms with Crippen LogP contribution in [-0.2, 0) is 6.54 Å². The highest BCUT2D eigenvalue weighted by Gasteiger charge is 2.24. The van der Waals surface area contributed by atoms with Gasteiger partial charge >= 0.3 is 0 Å². The number of pyridine rings is 1. The molecular formula is C24H21FN4O. The summed E-state index contributed by atoms with van der Waals surface area (Å²) in [6.07, 6.45) is 7.33. The van der Waals surface area contributed by atoms with E-state index in [4.69, 9.17) is 0 Å². The number of fused-ring (bicyclic) bond motifs is 1. The lowest BCUT2D eigenvalue weighted by molar-refractivity contribution is 0.0950. The van der Waals surface area contributed by atoms with Gasteiger partial charge in [0.05, 0.1) is 18.3 Å². The number of benzene rings is 2. The SMILES string of the molecule is Cc1c(F)cc(C(=O)NC2CC2)cc1-c1ccc2c(cnn2Cc2ccncc2)c1. The molecule has 0 bridgehead atoms. The third kappa shape index (κ3) is 3.56. The highest BCUT2D eigenvalue weighted by Crippen LogP contribution is 2.30. The van der Waals surface area contributed by atoms with Crippen LogP contribution in [-0.4, -0.2) is 26.7 Å². The van der Waals surface area contributed by atoms with Crippen molar-refractivity contribution in [1.29, 1.82) is 0 Å². The average molecular weight is 400 g/mol. The van der Waals surface area contributed by atoms with Gasteiger partial charge in [-0.15, -0.1) is 0 Å². The summed E-state index contributed by atoms with van der Waals surface area (Å²) < 4.78 is 16.5. The van der Waals surface area contributed by atoms with E-state index >= 15 is 0 Å². The van der Waals surface area contributed by atoms with Gasteiger partial charge in [0.25, 0.3) is 5.91 Å². The van der Waals surface area contributed by atoms with Crippen molar-refractivity contribution in [3.63, 3.8) is 0 Å². The summed E-state index contributed by atoms with van der Waals surface area (Å²) in [7, 11) is 0. The Morgan fingerprint density at radius 2 is 1.97 bits per heavy atom. The summed E-state index contributed by atoms with van der Waals surface area (Å²) in [6, 6.07) is 13.2. The van der Waals surface area contributed by atoms with Crippen LogP contribution in [0.15, 0.2) is 61.1 Å². The maximum Gasteiger partial charge on any atom is 0.251 e. The van der Waals surface area contributed by atoms with Crippen LogP contribution in [0.25, 0.3) is 22.0 Å². The van der Waals surface area contributed by atoms with E-state index in [9.17, 15) is 9.18 Å². The average Bonchev–Trinajstić information content (AvgIpc) is 3.49. The highest BCUT2D eigenvalue weighted by atomic mass is 19.1. The van der Waals surface area contributed by atoms with Crippen LogP contribution in [0.4, 0.5) is 4.39 Å². The quantitative estimate of drug-likeness (QED) is 0.537.